The summed E-state index contributed by atoms with van der Waals surface area (Å²) in [6.45, 7) is 5.05. The molecule has 0 aliphatic carbocycles. The summed E-state index contributed by atoms with van der Waals surface area (Å²) in [5.41, 5.74) is 1.16. The summed E-state index contributed by atoms with van der Waals surface area (Å²) in [5, 5.41) is 8.42. The summed E-state index contributed by atoms with van der Waals surface area (Å²) in [6, 6.07) is 7.59. The summed E-state index contributed by atoms with van der Waals surface area (Å²) in [5.74, 6) is 0.436. The van der Waals surface area contributed by atoms with Gasteiger partial charge in [0.1, 0.15) is 11.4 Å². The number of nitrogens with zero attached hydrogens (tertiary/aromatic N) is 2. The van der Waals surface area contributed by atoms with Gasteiger partial charge in [0.15, 0.2) is 5.13 Å². The lowest BCUT2D eigenvalue weighted by Crippen LogP contribution is -2.39. The number of amides is 2. The first kappa shape index (κ1) is 23.6. The van der Waals surface area contributed by atoms with Crippen LogP contribution in [0.25, 0.3) is 0 Å². The van der Waals surface area contributed by atoms with Gasteiger partial charge in [-0.05, 0) is 25.5 Å². The molecule has 1 atom stereocenters. The standard InChI is InChI=1S/C21H30N4O4S/c1-5-15(2)22-19(26)9-10-25(11-12-28-3)20(27)18-14-30-21(24-18)23-16-7-6-8-17(13-16)29-4/h6-8,13-15H,5,9-12H2,1-4H3,(H,22,26)(H,23,24). The molecule has 0 aliphatic rings. The topological polar surface area (TPSA) is 92.8 Å². The Bertz CT molecular complexity index is 827. The molecule has 164 valence electrons. The van der Waals surface area contributed by atoms with E-state index in [0.717, 1.165) is 17.9 Å². The van der Waals surface area contributed by atoms with Crippen molar-refractivity contribution in [1.82, 2.24) is 15.2 Å². The Morgan fingerprint density at radius 1 is 1.27 bits per heavy atom. The molecule has 1 unspecified atom stereocenters. The third-order valence-electron chi connectivity index (χ3n) is 4.53. The van der Waals surface area contributed by atoms with Crippen molar-refractivity contribution in [3.05, 3.63) is 35.3 Å². The Morgan fingerprint density at radius 2 is 2.07 bits per heavy atom. The highest BCUT2D eigenvalue weighted by molar-refractivity contribution is 7.14. The SMILES string of the molecule is CCC(C)NC(=O)CCN(CCOC)C(=O)c1csc(Nc2cccc(OC)c2)n1. The Morgan fingerprint density at radius 3 is 2.77 bits per heavy atom. The quantitative estimate of drug-likeness (QED) is 0.533. The first-order chi connectivity index (χ1) is 14.5. The summed E-state index contributed by atoms with van der Waals surface area (Å²) in [7, 11) is 3.19. The minimum atomic E-state index is -0.224. The molecule has 9 heteroatoms. The van der Waals surface area contributed by atoms with Crippen LogP contribution in [0.2, 0.25) is 0 Å². The fourth-order valence-corrected chi connectivity index (χ4v) is 3.32. The lowest BCUT2D eigenvalue weighted by atomic mass is 10.2. The Labute approximate surface area is 181 Å². The molecule has 0 radical (unpaired) electrons. The molecule has 0 aliphatic heterocycles. The van der Waals surface area contributed by atoms with Gasteiger partial charge >= 0.3 is 0 Å². The van der Waals surface area contributed by atoms with Crippen molar-refractivity contribution >= 4 is 34.0 Å². The van der Waals surface area contributed by atoms with Crippen LogP contribution in [0.1, 0.15) is 37.2 Å². The average Bonchev–Trinajstić information content (AvgIpc) is 3.21. The predicted octanol–water partition coefficient (Wildman–Crippen LogP) is 3.29. The van der Waals surface area contributed by atoms with Crippen molar-refractivity contribution in [2.45, 2.75) is 32.7 Å². The van der Waals surface area contributed by atoms with E-state index in [1.54, 1.807) is 24.5 Å². The number of thiazole rings is 1. The van der Waals surface area contributed by atoms with Crippen LogP contribution in [-0.4, -0.2) is 61.7 Å². The van der Waals surface area contributed by atoms with Crippen LogP contribution in [0.5, 0.6) is 5.75 Å². The molecule has 0 saturated carbocycles. The molecule has 2 N–H and O–H groups in total. The zero-order valence-electron chi connectivity index (χ0n) is 17.9. The molecule has 1 aromatic heterocycles. The van der Waals surface area contributed by atoms with E-state index in [9.17, 15) is 9.59 Å². The van der Waals surface area contributed by atoms with Gasteiger partial charge in [-0.3, -0.25) is 9.59 Å². The van der Waals surface area contributed by atoms with Crippen LogP contribution in [0.15, 0.2) is 29.6 Å². The van der Waals surface area contributed by atoms with E-state index < -0.39 is 0 Å². The molecule has 0 spiro atoms. The number of ether oxygens (including phenoxy) is 2. The molecule has 1 heterocycles. The lowest BCUT2D eigenvalue weighted by Gasteiger charge is -2.21. The van der Waals surface area contributed by atoms with Gasteiger partial charge in [0.25, 0.3) is 5.91 Å². The summed E-state index contributed by atoms with van der Waals surface area (Å²) < 4.78 is 10.3. The van der Waals surface area contributed by atoms with E-state index >= 15 is 0 Å². The van der Waals surface area contributed by atoms with Crippen molar-refractivity contribution in [1.29, 1.82) is 0 Å². The number of hydrogen-bond donors (Lipinski definition) is 2. The monoisotopic (exact) mass is 434 g/mol. The van der Waals surface area contributed by atoms with Gasteiger partial charge in [-0.2, -0.15) is 0 Å². The van der Waals surface area contributed by atoms with Gasteiger partial charge < -0.3 is 25.0 Å². The maximum atomic E-state index is 12.9. The zero-order chi connectivity index (χ0) is 21.9. The second-order valence-electron chi connectivity index (χ2n) is 6.81. The molecule has 0 saturated heterocycles. The maximum absolute atomic E-state index is 12.9. The number of hydrogen-bond acceptors (Lipinski definition) is 7. The second-order valence-corrected chi connectivity index (χ2v) is 7.66. The smallest absolute Gasteiger partial charge is 0.273 e. The van der Waals surface area contributed by atoms with E-state index in [0.29, 0.717) is 30.5 Å². The van der Waals surface area contributed by atoms with Gasteiger partial charge in [0.05, 0.1) is 13.7 Å². The molecule has 2 amide bonds. The number of methoxy groups -OCH3 is 2. The van der Waals surface area contributed by atoms with Gasteiger partial charge in [-0.25, -0.2) is 4.98 Å². The van der Waals surface area contributed by atoms with Gasteiger partial charge in [0.2, 0.25) is 5.91 Å². The highest BCUT2D eigenvalue weighted by atomic mass is 32.1. The lowest BCUT2D eigenvalue weighted by molar-refractivity contribution is -0.121. The fraction of sp³-hybridized carbons (Fsp3) is 0.476. The van der Waals surface area contributed by atoms with Crippen LogP contribution in [-0.2, 0) is 9.53 Å². The van der Waals surface area contributed by atoms with Crippen LogP contribution < -0.4 is 15.4 Å². The Balaban J connectivity index is 2.01. The molecule has 2 rings (SSSR count). The fourth-order valence-electron chi connectivity index (χ4n) is 2.62. The van der Waals surface area contributed by atoms with Crippen LogP contribution in [0.4, 0.5) is 10.8 Å². The Kier molecular flexibility index (Phi) is 9.56. The number of aromatic nitrogens is 1. The van der Waals surface area contributed by atoms with E-state index in [1.165, 1.54) is 11.3 Å². The number of rotatable bonds is 12. The third kappa shape index (κ3) is 7.31. The van der Waals surface area contributed by atoms with E-state index in [1.807, 2.05) is 38.1 Å². The molecule has 0 fully saturated rings. The molecule has 8 nitrogen and oxygen atoms in total. The Hall–Kier alpha value is -2.65. The summed E-state index contributed by atoms with van der Waals surface area (Å²) in [4.78, 5) is 31.1. The van der Waals surface area contributed by atoms with Crippen molar-refractivity contribution < 1.29 is 19.1 Å². The average molecular weight is 435 g/mol. The molecule has 30 heavy (non-hydrogen) atoms. The number of carbonyl (C=O) groups is 2. The van der Waals surface area contributed by atoms with Gasteiger partial charge in [0, 0.05) is 49.8 Å². The zero-order valence-corrected chi connectivity index (χ0v) is 18.8. The normalized spacial score (nSPS) is 11.6. The molecule has 0 bridgehead atoms. The van der Waals surface area contributed by atoms with E-state index in [2.05, 4.69) is 15.6 Å². The highest BCUT2D eigenvalue weighted by Gasteiger charge is 2.20. The first-order valence-corrected chi connectivity index (χ1v) is 10.8. The number of nitrogens with one attached hydrogen (secondary N) is 2. The van der Waals surface area contributed by atoms with Gasteiger partial charge in [-0.1, -0.05) is 13.0 Å². The van der Waals surface area contributed by atoms with Crippen molar-refractivity contribution in [3.8, 4) is 5.75 Å². The van der Waals surface area contributed by atoms with Crippen molar-refractivity contribution in [2.24, 2.45) is 0 Å². The van der Waals surface area contributed by atoms with Crippen LogP contribution in [0, 0.1) is 0 Å². The number of carbonyl (C=O) groups excluding carboxylic acids is 2. The maximum Gasteiger partial charge on any atom is 0.273 e. The molecule has 2 aromatic rings. The molecular weight excluding hydrogens is 404 g/mol. The number of benzene rings is 1. The molecule has 1 aromatic carbocycles. The minimum absolute atomic E-state index is 0.0711. The third-order valence-corrected chi connectivity index (χ3v) is 5.28. The highest BCUT2D eigenvalue weighted by Crippen LogP contribution is 2.24. The summed E-state index contributed by atoms with van der Waals surface area (Å²) >= 11 is 1.34. The van der Waals surface area contributed by atoms with Crippen molar-refractivity contribution in [3.63, 3.8) is 0 Å². The molecular formula is C21H30N4O4S. The minimum Gasteiger partial charge on any atom is -0.497 e. The van der Waals surface area contributed by atoms with Gasteiger partial charge in [-0.15, -0.1) is 11.3 Å². The van der Waals surface area contributed by atoms with Crippen LogP contribution >= 0.6 is 11.3 Å². The largest absolute Gasteiger partial charge is 0.497 e. The second kappa shape index (κ2) is 12.1. The van der Waals surface area contributed by atoms with E-state index in [-0.39, 0.29) is 24.3 Å². The van der Waals surface area contributed by atoms with Crippen molar-refractivity contribution in [2.75, 3.05) is 39.2 Å². The number of anilines is 2. The predicted molar refractivity (Wildman–Crippen MR) is 119 cm³/mol. The first-order valence-electron chi connectivity index (χ1n) is 9.91. The van der Waals surface area contributed by atoms with Crippen LogP contribution in [0.3, 0.4) is 0 Å². The van der Waals surface area contributed by atoms with E-state index in [4.69, 9.17) is 9.47 Å². The summed E-state index contributed by atoms with van der Waals surface area (Å²) in [6.07, 6.45) is 1.10.